The van der Waals surface area contributed by atoms with Crippen molar-refractivity contribution < 1.29 is 4.74 Å². The maximum absolute atomic E-state index is 5.87. The monoisotopic (exact) mass is 227 g/mol. The molecule has 2 N–H and O–H groups in total. The van der Waals surface area contributed by atoms with Crippen LogP contribution in [0, 0.1) is 20.8 Å². The molecule has 0 aromatic heterocycles. The highest BCUT2D eigenvalue weighted by molar-refractivity contribution is 5.48. The van der Waals surface area contributed by atoms with Crippen LogP contribution in [0.4, 0.5) is 5.69 Å². The van der Waals surface area contributed by atoms with E-state index in [1.807, 2.05) is 37.3 Å². The molecule has 0 radical (unpaired) electrons. The molecule has 0 aliphatic rings. The van der Waals surface area contributed by atoms with E-state index in [0.29, 0.717) is 0 Å². The van der Waals surface area contributed by atoms with Gasteiger partial charge in [0, 0.05) is 5.69 Å². The summed E-state index contributed by atoms with van der Waals surface area (Å²) in [4.78, 5) is 0. The quantitative estimate of drug-likeness (QED) is 0.787. The van der Waals surface area contributed by atoms with Gasteiger partial charge in [-0.05, 0) is 67.8 Å². The summed E-state index contributed by atoms with van der Waals surface area (Å²) in [5, 5.41) is 0. The van der Waals surface area contributed by atoms with Crippen LogP contribution in [-0.2, 0) is 0 Å². The predicted molar refractivity (Wildman–Crippen MR) is 71.6 cm³/mol. The smallest absolute Gasteiger partial charge is 0.130 e. The fraction of sp³-hybridized carbons (Fsp3) is 0.200. The normalized spacial score (nSPS) is 10.3. The van der Waals surface area contributed by atoms with Gasteiger partial charge in [-0.1, -0.05) is 6.07 Å². The lowest BCUT2D eigenvalue weighted by Gasteiger charge is -2.10. The van der Waals surface area contributed by atoms with Gasteiger partial charge in [0.15, 0.2) is 0 Å². The Hall–Kier alpha value is -1.96. The average molecular weight is 227 g/mol. The first-order chi connectivity index (χ1) is 8.04. The van der Waals surface area contributed by atoms with E-state index < -0.39 is 0 Å². The van der Waals surface area contributed by atoms with Crippen LogP contribution in [0.5, 0.6) is 11.5 Å². The van der Waals surface area contributed by atoms with Gasteiger partial charge in [-0.2, -0.15) is 0 Å². The largest absolute Gasteiger partial charge is 0.457 e. The molecule has 2 heteroatoms. The van der Waals surface area contributed by atoms with Gasteiger partial charge in [0.1, 0.15) is 11.5 Å². The molecule has 0 aliphatic carbocycles. The lowest BCUT2D eigenvalue weighted by atomic mass is 10.1. The van der Waals surface area contributed by atoms with Crippen molar-refractivity contribution in [3.63, 3.8) is 0 Å². The molecule has 88 valence electrons. The lowest BCUT2D eigenvalue weighted by Crippen LogP contribution is -1.91. The van der Waals surface area contributed by atoms with Crippen LogP contribution in [0.1, 0.15) is 16.7 Å². The third kappa shape index (κ3) is 2.78. The molecule has 0 atom stereocenters. The highest BCUT2D eigenvalue weighted by Gasteiger charge is 2.03. The fourth-order valence-electron chi connectivity index (χ4n) is 1.91. The van der Waals surface area contributed by atoms with Gasteiger partial charge in [-0.3, -0.25) is 0 Å². The summed E-state index contributed by atoms with van der Waals surface area (Å²) in [7, 11) is 0. The van der Waals surface area contributed by atoms with Gasteiger partial charge in [-0.15, -0.1) is 0 Å². The molecule has 0 aliphatic heterocycles. The molecule has 0 heterocycles. The van der Waals surface area contributed by atoms with Crippen LogP contribution < -0.4 is 10.5 Å². The van der Waals surface area contributed by atoms with E-state index in [4.69, 9.17) is 10.5 Å². The summed E-state index contributed by atoms with van der Waals surface area (Å²) in [6, 6.07) is 11.9. The van der Waals surface area contributed by atoms with Gasteiger partial charge in [-0.25, -0.2) is 0 Å². The van der Waals surface area contributed by atoms with Crippen molar-refractivity contribution >= 4 is 5.69 Å². The van der Waals surface area contributed by atoms with Crippen molar-refractivity contribution in [1.29, 1.82) is 0 Å². The molecule has 0 saturated carbocycles. The zero-order valence-corrected chi connectivity index (χ0v) is 10.4. The minimum Gasteiger partial charge on any atom is -0.457 e. The molecular formula is C15H17NO. The number of hydrogen-bond donors (Lipinski definition) is 1. The van der Waals surface area contributed by atoms with E-state index >= 15 is 0 Å². The van der Waals surface area contributed by atoms with E-state index in [0.717, 1.165) is 22.7 Å². The Bertz CT molecular complexity index is 526. The first-order valence-corrected chi connectivity index (χ1v) is 5.67. The van der Waals surface area contributed by atoms with Crippen molar-refractivity contribution in [3.05, 3.63) is 53.1 Å². The van der Waals surface area contributed by atoms with Crippen LogP contribution in [0.15, 0.2) is 36.4 Å². The number of hydrogen-bond acceptors (Lipinski definition) is 2. The third-order valence-electron chi connectivity index (χ3n) is 2.62. The Kier molecular flexibility index (Phi) is 3.05. The first-order valence-electron chi connectivity index (χ1n) is 5.67. The number of benzene rings is 2. The summed E-state index contributed by atoms with van der Waals surface area (Å²) >= 11 is 0. The van der Waals surface area contributed by atoms with Crippen molar-refractivity contribution in [2.45, 2.75) is 20.8 Å². The average Bonchev–Trinajstić information content (AvgIpc) is 2.21. The van der Waals surface area contributed by atoms with Crippen molar-refractivity contribution in [2.24, 2.45) is 0 Å². The SMILES string of the molecule is Cc1cc(C)cc(Oc2ccc(N)cc2C)c1. The second kappa shape index (κ2) is 4.50. The molecule has 2 aromatic rings. The van der Waals surface area contributed by atoms with Crippen molar-refractivity contribution in [2.75, 3.05) is 5.73 Å². The highest BCUT2D eigenvalue weighted by Crippen LogP contribution is 2.27. The van der Waals surface area contributed by atoms with Gasteiger partial charge < -0.3 is 10.5 Å². The van der Waals surface area contributed by atoms with Gasteiger partial charge in [0.05, 0.1) is 0 Å². The van der Waals surface area contributed by atoms with Crippen molar-refractivity contribution in [1.82, 2.24) is 0 Å². The van der Waals surface area contributed by atoms with E-state index in [1.54, 1.807) is 0 Å². The lowest BCUT2D eigenvalue weighted by molar-refractivity contribution is 0.478. The number of nitrogen functional groups attached to an aromatic ring is 1. The number of aryl methyl sites for hydroxylation is 3. The molecule has 0 fully saturated rings. The molecular weight excluding hydrogens is 210 g/mol. The Morgan fingerprint density at radius 3 is 2.12 bits per heavy atom. The van der Waals surface area contributed by atoms with Crippen LogP contribution in [0.25, 0.3) is 0 Å². The molecule has 2 aromatic carbocycles. The maximum Gasteiger partial charge on any atom is 0.130 e. The molecule has 0 unspecified atom stereocenters. The summed E-state index contributed by atoms with van der Waals surface area (Å²) in [6.45, 7) is 6.12. The highest BCUT2D eigenvalue weighted by atomic mass is 16.5. The van der Waals surface area contributed by atoms with Gasteiger partial charge >= 0.3 is 0 Å². The fourth-order valence-corrected chi connectivity index (χ4v) is 1.91. The Balaban J connectivity index is 2.31. The van der Waals surface area contributed by atoms with E-state index in [9.17, 15) is 0 Å². The molecule has 2 nitrogen and oxygen atoms in total. The second-order valence-corrected chi connectivity index (χ2v) is 4.45. The minimum atomic E-state index is 0.760. The number of anilines is 1. The number of ether oxygens (including phenoxy) is 1. The Morgan fingerprint density at radius 2 is 1.53 bits per heavy atom. The summed E-state index contributed by atoms with van der Waals surface area (Å²) in [5.41, 5.74) is 9.92. The third-order valence-corrected chi connectivity index (χ3v) is 2.62. The molecule has 0 bridgehead atoms. The standard InChI is InChI=1S/C15H17NO/c1-10-6-11(2)8-14(7-10)17-15-5-4-13(16)9-12(15)3/h4-9H,16H2,1-3H3. The van der Waals surface area contributed by atoms with E-state index in [1.165, 1.54) is 11.1 Å². The van der Waals surface area contributed by atoms with Crippen molar-refractivity contribution in [3.8, 4) is 11.5 Å². The molecule has 0 amide bonds. The first kappa shape index (κ1) is 11.5. The summed E-state index contributed by atoms with van der Waals surface area (Å²) < 4.78 is 5.87. The van der Waals surface area contributed by atoms with E-state index in [-0.39, 0.29) is 0 Å². The molecule has 17 heavy (non-hydrogen) atoms. The molecule has 0 saturated heterocycles. The topological polar surface area (TPSA) is 35.2 Å². The zero-order valence-electron chi connectivity index (χ0n) is 10.4. The van der Waals surface area contributed by atoms with Crippen LogP contribution in [0.2, 0.25) is 0 Å². The van der Waals surface area contributed by atoms with E-state index in [2.05, 4.69) is 19.9 Å². The molecule has 0 spiro atoms. The van der Waals surface area contributed by atoms with Crippen LogP contribution in [0.3, 0.4) is 0 Å². The van der Waals surface area contributed by atoms with Crippen LogP contribution >= 0.6 is 0 Å². The van der Waals surface area contributed by atoms with Crippen LogP contribution in [-0.4, -0.2) is 0 Å². The number of nitrogens with two attached hydrogens (primary N) is 1. The summed E-state index contributed by atoms with van der Waals surface area (Å²) in [5.74, 6) is 1.72. The Labute approximate surface area is 102 Å². The maximum atomic E-state index is 5.87. The number of rotatable bonds is 2. The van der Waals surface area contributed by atoms with Gasteiger partial charge in [0.2, 0.25) is 0 Å². The second-order valence-electron chi connectivity index (χ2n) is 4.45. The molecule has 2 rings (SSSR count). The van der Waals surface area contributed by atoms with Gasteiger partial charge in [0.25, 0.3) is 0 Å². The predicted octanol–water partition coefficient (Wildman–Crippen LogP) is 3.99. The minimum absolute atomic E-state index is 0.760. The zero-order chi connectivity index (χ0) is 12.4. The Morgan fingerprint density at radius 1 is 0.882 bits per heavy atom. The summed E-state index contributed by atoms with van der Waals surface area (Å²) in [6.07, 6.45) is 0.